The summed E-state index contributed by atoms with van der Waals surface area (Å²) >= 11 is 0. The molecule has 0 aliphatic rings. The number of hydrogen-bond donors (Lipinski definition) is 1. The first kappa shape index (κ1) is 13.2. The van der Waals surface area contributed by atoms with E-state index in [1.807, 2.05) is 6.26 Å². The standard InChI is InChI=1S/C16H23NO/c1-3-5-13-6-7-16-15(11-13)14(12-18-16)8-10-17-9-4-2/h6-7,11-12,17H,3-5,8-10H2,1-2H3. The largest absolute Gasteiger partial charge is 0.464 e. The molecule has 2 heteroatoms. The fourth-order valence-corrected chi connectivity index (χ4v) is 2.29. The van der Waals surface area contributed by atoms with Crippen molar-refractivity contribution in [3.63, 3.8) is 0 Å². The van der Waals surface area contributed by atoms with Crippen molar-refractivity contribution in [2.45, 2.75) is 39.5 Å². The van der Waals surface area contributed by atoms with Crippen molar-refractivity contribution in [3.8, 4) is 0 Å². The van der Waals surface area contributed by atoms with E-state index >= 15 is 0 Å². The van der Waals surface area contributed by atoms with Crippen LogP contribution in [0.5, 0.6) is 0 Å². The Bertz CT molecular complexity index is 487. The number of fused-ring (bicyclic) bond motifs is 1. The zero-order chi connectivity index (χ0) is 12.8. The van der Waals surface area contributed by atoms with E-state index in [0.29, 0.717) is 0 Å². The summed E-state index contributed by atoms with van der Waals surface area (Å²) in [5.41, 5.74) is 3.75. The molecule has 0 saturated carbocycles. The van der Waals surface area contributed by atoms with Crippen molar-refractivity contribution >= 4 is 11.0 Å². The Morgan fingerprint density at radius 3 is 2.72 bits per heavy atom. The topological polar surface area (TPSA) is 25.2 Å². The lowest BCUT2D eigenvalue weighted by molar-refractivity contribution is 0.605. The molecule has 1 heterocycles. The van der Waals surface area contributed by atoms with Crippen LogP contribution in [-0.4, -0.2) is 13.1 Å². The molecule has 0 fully saturated rings. The highest BCUT2D eigenvalue weighted by Crippen LogP contribution is 2.23. The van der Waals surface area contributed by atoms with E-state index in [4.69, 9.17) is 4.42 Å². The summed E-state index contributed by atoms with van der Waals surface area (Å²) in [4.78, 5) is 0. The maximum atomic E-state index is 5.61. The van der Waals surface area contributed by atoms with Crippen LogP contribution in [-0.2, 0) is 12.8 Å². The van der Waals surface area contributed by atoms with Crippen LogP contribution in [0.4, 0.5) is 0 Å². The minimum absolute atomic E-state index is 1.01. The minimum atomic E-state index is 1.01. The Morgan fingerprint density at radius 2 is 1.94 bits per heavy atom. The van der Waals surface area contributed by atoms with Gasteiger partial charge in [0.2, 0.25) is 0 Å². The molecule has 0 spiro atoms. The van der Waals surface area contributed by atoms with Crippen LogP contribution >= 0.6 is 0 Å². The van der Waals surface area contributed by atoms with Crippen molar-refractivity contribution in [2.24, 2.45) is 0 Å². The van der Waals surface area contributed by atoms with Gasteiger partial charge in [-0.25, -0.2) is 0 Å². The van der Waals surface area contributed by atoms with Crippen molar-refractivity contribution in [1.82, 2.24) is 5.32 Å². The molecule has 2 nitrogen and oxygen atoms in total. The third-order valence-corrected chi connectivity index (χ3v) is 3.25. The van der Waals surface area contributed by atoms with Gasteiger partial charge < -0.3 is 9.73 Å². The highest BCUT2D eigenvalue weighted by Gasteiger charge is 2.06. The molecule has 0 unspecified atom stereocenters. The zero-order valence-corrected chi connectivity index (χ0v) is 11.5. The van der Waals surface area contributed by atoms with E-state index < -0.39 is 0 Å². The first-order chi connectivity index (χ1) is 8.85. The summed E-state index contributed by atoms with van der Waals surface area (Å²) in [5, 5.41) is 4.73. The average molecular weight is 245 g/mol. The van der Waals surface area contributed by atoms with Crippen LogP contribution in [0, 0.1) is 0 Å². The van der Waals surface area contributed by atoms with E-state index in [2.05, 4.69) is 37.4 Å². The molecule has 0 aliphatic carbocycles. The summed E-state index contributed by atoms with van der Waals surface area (Å²) in [6.07, 6.45) is 6.48. The third-order valence-electron chi connectivity index (χ3n) is 3.25. The Balaban J connectivity index is 2.09. The number of nitrogens with one attached hydrogen (secondary N) is 1. The third kappa shape index (κ3) is 3.14. The lowest BCUT2D eigenvalue weighted by Crippen LogP contribution is -2.17. The van der Waals surface area contributed by atoms with Crippen molar-refractivity contribution in [3.05, 3.63) is 35.6 Å². The summed E-state index contributed by atoms with van der Waals surface area (Å²) in [5.74, 6) is 0. The monoisotopic (exact) mass is 245 g/mol. The minimum Gasteiger partial charge on any atom is -0.464 e. The highest BCUT2D eigenvalue weighted by atomic mass is 16.3. The van der Waals surface area contributed by atoms with Gasteiger partial charge in [-0.3, -0.25) is 0 Å². The van der Waals surface area contributed by atoms with Gasteiger partial charge in [-0.15, -0.1) is 0 Å². The predicted molar refractivity (Wildman–Crippen MR) is 77.1 cm³/mol. The number of hydrogen-bond acceptors (Lipinski definition) is 2. The van der Waals surface area contributed by atoms with Crippen LogP contribution < -0.4 is 5.32 Å². The van der Waals surface area contributed by atoms with Gasteiger partial charge in [-0.1, -0.05) is 26.3 Å². The second-order valence-electron chi connectivity index (χ2n) is 4.84. The summed E-state index contributed by atoms with van der Waals surface area (Å²) in [6.45, 7) is 6.53. The maximum Gasteiger partial charge on any atom is 0.134 e. The summed E-state index contributed by atoms with van der Waals surface area (Å²) in [6, 6.07) is 6.56. The Hall–Kier alpha value is -1.28. The Kier molecular flexibility index (Phi) is 4.82. The second kappa shape index (κ2) is 6.60. The molecule has 2 aromatic rings. The van der Waals surface area contributed by atoms with E-state index in [1.54, 1.807) is 0 Å². The van der Waals surface area contributed by atoms with Gasteiger partial charge in [0.1, 0.15) is 5.58 Å². The molecule has 0 saturated heterocycles. The van der Waals surface area contributed by atoms with E-state index in [9.17, 15) is 0 Å². The van der Waals surface area contributed by atoms with Crippen LogP contribution in [0.3, 0.4) is 0 Å². The predicted octanol–water partition coefficient (Wildman–Crippen LogP) is 3.93. The molecule has 0 radical (unpaired) electrons. The first-order valence-electron chi connectivity index (χ1n) is 7.04. The number of aryl methyl sites for hydroxylation is 1. The molecule has 2 rings (SSSR count). The molecule has 0 bridgehead atoms. The maximum absolute atomic E-state index is 5.61. The van der Waals surface area contributed by atoms with Gasteiger partial charge in [-0.05, 0) is 55.6 Å². The molecular weight excluding hydrogens is 222 g/mol. The quantitative estimate of drug-likeness (QED) is 0.748. The van der Waals surface area contributed by atoms with Gasteiger partial charge in [0, 0.05) is 5.39 Å². The van der Waals surface area contributed by atoms with Crippen LogP contribution in [0.2, 0.25) is 0 Å². The SMILES string of the molecule is CCCNCCc1coc2ccc(CCC)cc12. The van der Waals surface area contributed by atoms with E-state index in [-0.39, 0.29) is 0 Å². The average Bonchev–Trinajstić information content (AvgIpc) is 2.78. The lowest BCUT2D eigenvalue weighted by atomic mass is 10.0. The zero-order valence-electron chi connectivity index (χ0n) is 11.5. The molecular formula is C16H23NO. The van der Waals surface area contributed by atoms with Gasteiger partial charge in [0.15, 0.2) is 0 Å². The number of benzene rings is 1. The summed E-state index contributed by atoms with van der Waals surface area (Å²) < 4.78 is 5.61. The van der Waals surface area contributed by atoms with Gasteiger partial charge in [0.05, 0.1) is 6.26 Å². The molecule has 1 aromatic carbocycles. The smallest absolute Gasteiger partial charge is 0.134 e. The molecule has 1 N–H and O–H groups in total. The molecule has 98 valence electrons. The van der Waals surface area contributed by atoms with Gasteiger partial charge in [-0.2, -0.15) is 0 Å². The number of rotatable bonds is 7. The number of furan rings is 1. The van der Waals surface area contributed by atoms with Crippen molar-refractivity contribution in [2.75, 3.05) is 13.1 Å². The fraction of sp³-hybridized carbons (Fsp3) is 0.500. The van der Waals surface area contributed by atoms with Crippen LogP contribution in [0.15, 0.2) is 28.9 Å². The van der Waals surface area contributed by atoms with Gasteiger partial charge >= 0.3 is 0 Å². The fourth-order valence-electron chi connectivity index (χ4n) is 2.29. The molecule has 18 heavy (non-hydrogen) atoms. The first-order valence-corrected chi connectivity index (χ1v) is 7.04. The second-order valence-corrected chi connectivity index (χ2v) is 4.84. The highest BCUT2D eigenvalue weighted by molar-refractivity contribution is 5.81. The van der Waals surface area contributed by atoms with Crippen LogP contribution in [0.1, 0.15) is 37.8 Å². The Labute approximate surface area is 109 Å². The van der Waals surface area contributed by atoms with E-state index in [1.165, 1.54) is 29.4 Å². The van der Waals surface area contributed by atoms with Crippen molar-refractivity contribution in [1.29, 1.82) is 0 Å². The molecule has 0 atom stereocenters. The molecule has 1 aromatic heterocycles. The van der Waals surface area contributed by atoms with Gasteiger partial charge in [0.25, 0.3) is 0 Å². The lowest BCUT2D eigenvalue weighted by Gasteiger charge is -2.02. The van der Waals surface area contributed by atoms with E-state index in [0.717, 1.165) is 31.5 Å². The molecule has 0 amide bonds. The Morgan fingerprint density at radius 1 is 1.06 bits per heavy atom. The normalized spacial score (nSPS) is 11.2. The molecule has 0 aliphatic heterocycles. The van der Waals surface area contributed by atoms with Crippen molar-refractivity contribution < 1.29 is 4.42 Å². The summed E-state index contributed by atoms with van der Waals surface area (Å²) in [7, 11) is 0. The van der Waals surface area contributed by atoms with Crippen LogP contribution in [0.25, 0.3) is 11.0 Å².